The lowest BCUT2D eigenvalue weighted by molar-refractivity contribution is -0.116. The Morgan fingerprint density at radius 1 is 1.00 bits per heavy atom. The van der Waals surface area contributed by atoms with Crippen LogP contribution < -0.4 is 21.9 Å². The predicted molar refractivity (Wildman–Crippen MR) is 140 cm³/mol. The molecule has 0 atom stereocenters. The summed E-state index contributed by atoms with van der Waals surface area (Å²) in [6.45, 7) is 11.9. The van der Waals surface area contributed by atoms with Gasteiger partial charge in [-0.05, 0) is 33.1 Å². The van der Waals surface area contributed by atoms with E-state index in [0.717, 1.165) is 68.0 Å². The third-order valence-electron chi connectivity index (χ3n) is 5.99. The van der Waals surface area contributed by atoms with Crippen LogP contribution in [0.1, 0.15) is 77.1 Å². The molecule has 34 heavy (non-hydrogen) atoms. The highest BCUT2D eigenvalue weighted by Gasteiger charge is 2.25. The van der Waals surface area contributed by atoms with Gasteiger partial charge in [-0.15, -0.1) is 0 Å². The summed E-state index contributed by atoms with van der Waals surface area (Å²) in [5.41, 5.74) is 7.26. The summed E-state index contributed by atoms with van der Waals surface area (Å²) < 4.78 is 3.52. The number of H-pyrrole nitrogens is 1. The number of anilines is 2. The Hall–Kier alpha value is -2.49. The number of thioether (sulfide) groups is 1. The number of aryl methyl sites for hydroxylation is 1. The van der Waals surface area contributed by atoms with E-state index in [1.54, 1.807) is 0 Å². The highest BCUT2D eigenvalue weighted by Crippen LogP contribution is 2.24. The second-order valence-electron chi connectivity index (χ2n) is 8.61. The van der Waals surface area contributed by atoms with E-state index in [2.05, 4.69) is 28.4 Å². The fourth-order valence-corrected chi connectivity index (χ4v) is 4.77. The number of carbonyl (C=O) groups excluding carboxylic acids is 1. The number of nitrogens with two attached hydrogens (primary N) is 1. The standard InChI is InChI=1S/C24H40N6O3S/c1-6-9-12-15-29(20-21(25)30(14-11-8-3)23(33)27-22(20)32)19(31)16-34-24-26-17(4)18(5)28(24)13-10-7-2/h6-16,25H2,1-5H3,(H,27,32,33). The molecule has 2 heterocycles. The van der Waals surface area contributed by atoms with Gasteiger partial charge in [0.2, 0.25) is 5.91 Å². The number of nitrogens with one attached hydrogen (secondary N) is 1. The lowest BCUT2D eigenvalue weighted by Crippen LogP contribution is -2.42. The fourth-order valence-electron chi connectivity index (χ4n) is 3.78. The topological polar surface area (TPSA) is 119 Å². The molecule has 0 spiro atoms. The predicted octanol–water partition coefficient (Wildman–Crippen LogP) is 3.85. The number of aromatic nitrogens is 4. The van der Waals surface area contributed by atoms with E-state index in [-0.39, 0.29) is 23.2 Å². The van der Waals surface area contributed by atoms with E-state index in [1.165, 1.54) is 21.2 Å². The number of nitrogens with zero attached hydrogens (tertiary/aromatic N) is 4. The molecule has 0 aliphatic heterocycles. The average molecular weight is 493 g/mol. The molecule has 2 aromatic heterocycles. The zero-order valence-electron chi connectivity index (χ0n) is 21.3. The van der Waals surface area contributed by atoms with Gasteiger partial charge in [0.25, 0.3) is 5.56 Å². The first kappa shape index (κ1) is 27.8. The van der Waals surface area contributed by atoms with Crippen LogP contribution in [0.5, 0.6) is 0 Å². The number of hydrogen-bond acceptors (Lipinski definition) is 6. The molecule has 0 bridgehead atoms. The van der Waals surface area contributed by atoms with Gasteiger partial charge in [-0.25, -0.2) is 9.78 Å². The summed E-state index contributed by atoms with van der Waals surface area (Å²) in [6.07, 6.45) is 6.36. The Balaban J connectivity index is 2.36. The van der Waals surface area contributed by atoms with Crippen molar-refractivity contribution in [2.75, 3.05) is 22.9 Å². The van der Waals surface area contributed by atoms with Gasteiger partial charge in [0.15, 0.2) is 10.8 Å². The maximum absolute atomic E-state index is 13.4. The minimum Gasteiger partial charge on any atom is -0.383 e. The quantitative estimate of drug-likeness (QED) is 0.305. The van der Waals surface area contributed by atoms with Crippen LogP contribution in [-0.2, 0) is 17.9 Å². The lowest BCUT2D eigenvalue weighted by atomic mass is 10.2. The van der Waals surface area contributed by atoms with Gasteiger partial charge >= 0.3 is 5.69 Å². The van der Waals surface area contributed by atoms with Crippen LogP contribution >= 0.6 is 11.8 Å². The van der Waals surface area contributed by atoms with Crippen LogP contribution in [0.2, 0.25) is 0 Å². The van der Waals surface area contributed by atoms with Crippen LogP contribution in [0.15, 0.2) is 14.7 Å². The van der Waals surface area contributed by atoms with E-state index >= 15 is 0 Å². The molecule has 190 valence electrons. The molecular weight excluding hydrogens is 452 g/mol. The Bertz CT molecular complexity index is 1070. The van der Waals surface area contributed by atoms with Crippen molar-refractivity contribution in [3.05, 3.63) is 32.2 Å². The minimum atomic E-state index is -0.624. The average Bonchev–Trinajstić information content (AvgIpc) is 3.07. The summed E-state index contributed by atoms with van der Waals surface area (Å²) in [7, 11) is 0. The number of amides is 1. The van der Waals surface area contributed by atoms with Crippen molar-refractivity contribution in [3.8, 4) is 0 Å². The van der Waals surface area contributed by atoms with Crippen molar-refractivity contribution in [2.45, 2.75) is 97.8 Å². The van der Waals surface area contributed by atoms with E-state index in [0.29, 0.717) is 13.1 Å². The first-order valence-electron chi connectivity index (χ1n) is 12.4. The molecule has 10 heteroatoms. The van der Waals surface area contributed by atoms with Gasteiger partial charge in [0, 0.05) is 25.3 Å². The summed E-state index contributed by atoms with van der Waals surface area (Å²) >= 11 is 1.37. The number of hydrogen-bond donors (Lipinski definition) is 2. The second-order valence-corrected chi connectivity index (χ2v) is 9.55. The third-order valence-corrected chi connectivity index (χ3v) is 6.95. The fraction of sp³-hybridized carbons (Fsp3) is 0.667. The Morgan fingerprint density at radius 2 is 1.62 bits per heavy atom. The van der Waals surface area contributed by atoms with E-state index in [1.807, 2.05) is 20.8 Å². The van der Waals surface area contributed by atoms with Gasteiger partial charge in [-0.2, -0.15) is 0 Å². The maximum atomic E-state index is 13.4. The number of unbranched alkanes of at least 4 members (excludes halogenated alkanes) is 4. The molecule has 0 fully saturated rings. The summed E-state index contributed by atoms with van der Waals surface area (Å²) in [4.78, 5) is 47.0. The molecule has 0 saturated heterocycles. The van der Waals surface area contributed by atoms with Crippen molar-refractivity contribution in [2.24, 2.45) is 0 Å². The number of imidazole rings is 1. The van der Waals surface area contributed by atoms with Gasteiger partial charge < -0.3 is 15.2 Å². The Morgan fingerprint density at radius 3 is 2.24 bits per heavy atom. The molecule has 2 aromatic rings. The van der Waals surface area contributed by atoms with Gasteiger partial charge in [0.1, 0.15) is 5.82 Å². The number of carbonyl (C=O) groups is 1. The number of nitrogen functional groups attached to an aromatic ring is 1. The molecule has 0 aliphatic rings. The SMILES string of the molecule is CCCCCN(C(=O)CSc1nc(C)c(C)n1CCCC)c1c(N)n(CCCC)c(=O)[nH]c1=O. The summed E-state index contributed by atoms with van der Waals surface area (Å²) in [5, 5.41) is 0.806. The smallest absolute Gasteiger partial charge is 0.330 e. The molecule has 0 aromatic carbocycles. The van der Waals surface area contributed by atoms with Crippen LogP contribution in [0.25, 0.3) is 0 Å². The zero-order valence-corrected chi connectivity index (χ0v) is 22.1. The molecule has 1 amide bonds. The van der Waals surface area contributed by atoms with Gasteiger partial charge in [-0.3, -0.25) is 19.1 Å². The van der Waals surface area contributed by atoms with E-state index in [9.17, 15) is 14.4 Å². The monoisotopic (exact) mass is 492 g/mol. The van der Waals surface area contributed by atoms with Crippen LogP contribution in [0, 0.1) is 13.8 Å². The maximum Gasteiger partial charge on any atom is 0.330 e. The van der Waals surface area contributed by atoms with Crippen molar-refractivity contribution >= 4 is 29.2 Å². The summed E-state index contributed by atoms with van der Waals surface area (Å²) in [5.74, 6) is -0.0475. The zero-order chi connectivity index (χ0) is 25.3. The Labute approximate surface area is 206 Å². The summed E-state index contributed by atoms with van der Waals surface area (Å²) in [6, 6.07) is 0. The second kappa shape index (κ2) is 13.4. The molecule has 2 rings (SSSR count). The van der Waals surface area contributed by atoms with Crippen molar-refractivity contribution in [1.82, 2.24) is 19.1 Å². The van der Waals surface area contributed by atoms with Crippen molar-refractivity contribution in [3.63, 3.8) is 0 Å². The Kier molecular flexibility index (Phi) is 10.9. The van der Waals surface area contributed by atoms with Crippen molar-refractivity contribution in [1.29, 1.82) is 0 Å². The van der Waals surface area contributed by atoms with E-state index < -0.39 is 11.2 Å². The van der Waals surface area contributed by atoms with Crippen molar-refractivity contribution < 1.29 is 4.79 Å². The number of aromatic amines is 1. The van der Waals surface area contributed by atoms with Crippen LogP contribution in [0.4, 0.5) is 11.5 Å². The van der Waals surface area contributed by atoms with Gasteiger partial charge in [0.05, 0.1) is 11.4 Å². The molecule has 0 unspecified atom stereocenters. The number of rotatable bonds is 14. The third kappa shape index (κ3) is 6.77. The van der Waals surface area contributed by atoms with Gasteiger partial charge in [-0.1, -0.05) is 58.2 Å². The molecule has 3 N–H and O–H groups in total. The van der Waals surface area contributed by atoms with E-state index in [4.69, 9.17) is 5.73 Å². The molecule has 0 saturated carbocycles. The highest BCUT2D eigenvalue weighted by molar-refractivity contribution is 7.99. The minimum absolute atomic E-state index is 0.0492. The largest absolute Gasteiger partial charge is 0.383 e. The normalized spacial score (nSPS) is 11.2. The van der Waals surface area contributed by atoms with Crippen LogP contribution in [0.3, 0.4) is 0 Å². The molecule has 0 aliphatic carbocycles. The lowest BCUT2D eigenvalue weighted by Gasteiger charge is -2.24. The first-order chi connectivity index (χ1) is 16.3. The molecule has 9 nitrogen and oxygen atoms in total. The highest BCUT2D eigenvalue weighted by atomic mass is 32.2. The molecule has 0 radical (unpaired) electrons. The van der Waals surface area contributed by atoms with Crippen LogP contribution in [-0.4, -0.2) is 37.3 Å². The first-order valence-corrected chi connectivity index (χ1v) is 13.3. The molecular formula is C24H40N6O3S.